The second kappa shape index (κ2) is 4.93. The molecular weight excluding hydrogens is 252 g/mol. The highest BCUT2D eigenvalue weighted by molar-refractivity contribution is 5.95. The highest BCUT2D eigenvalue weighted by atomic mass is 16.2. The summed E-state index contributed by atoms with van der Waals surface area (Å²) in [7, 11) is 0. The van der Waals surface area contributed by atoms with Crippen LogP contribution in [-0.2, 0) is 4.79 Å². The predicted molar refractivity (Wildman–Crippen MR) is 78.0 cm³/mol. The largest absolute Gasteiger partial charge is 0.335 e. The summed E-state index contributed by atoms with van der Waals surface area (Å²) in [5.41, 5.74) is 0.00154. The van der Waals surface area contributed by atoms with Gasteiger partial charge < -0.3 is 10.6 Å². The van der Waals surface area contributed by atoms with E-state index in [4.69, 9.17) is 0 Å². The Balaban J connectivity index is 2.13. The van der Waals surface area contributed by atoms with Crippen LogP contribution in [0.5, 0.6) is 0 Å². The first-order valence-corrected chi connectivity index (χ1v) is 6.89. The summed E-state index contributed by atoms with van der Waals surface area (Å²) in [5, 5.41) is 5.85. The second-order valence-electron chi connectivity index (χ2n) is 6.80. The summed E-state index contributed by atoms with van der Waals surface area (Å²) in [6.45, 7) is 7.98. The lowest BCUT2D eigenvalue weighted by molar-refractivity contribution is -0.138. The van der Waals surface area contributed by atoms with Gasteiger partial charge in [0.15, 0.2) is 0 Å². The number of piperidine rings is 1. The molecule has 0 saturated carbocycles. The van der Waals surface area contributed by atoms with E-state index in [0.717, 1.165) is 6.42 Å². The molecule has 0 radical (unpaired) electrons. The number of nitrogens with one attached hydrogen (secondary N) is 2. The molecule has 1 fully saturated rings. The lowest BCUT2D eigenvalue weighted by Gasteiger charge is -2.46. The van der Waals surface area contributed by atoms with E-state index >= 15 is 0 Å². The Hall–Kier alpha value is -1.84. The molecule has 1 aromatic carbocycles. The Kier molecular flexibility index (Phi) is 3.59. The van der Waals surface area contributed by atoms with Gasteiger partial charge in [-0.3, -0.25) is 9.59 Å². The van der Waals surface area contributed by atoms with Crippen LogP contribution < -0.4 is 10.6 Å². The van der Waals surface area contributed by atoms with E-state index < -0.39 is 5.41 Å². The molecule has 4 heteroatoms. The smallest absolute Gasteiger partial charge is 0.252 e. The Labute approximate surface area is 119 Å². The Morgan fingerprint density at radius 3 is 2.40 bits per heavy atom. The minimum absolute atomic E-state index is 0.0183. The molecule has 2 rings (SSSR count). The van der Waals surface area contributed by atoms with E-state index in [1.165, 1.54) is 0 Å². The molecule has 0 aromatic heterocycles. The van der Waals surface area contributed by atoms with Crippen molar-refractivity contribution in [3.8, 4) is 0 Å². The van der Waals surface area contributed by atoms with Crippen molar-refractivity contribution in [2.45, 2.75) is 40.3 Å². The van der Waals surface area contributed by atoms with Crippen LogP contribution in [-0.4, -0.2) is 18.0 Å². The molecule has 1 aliphatic heterocycles. The fourth-order valence-corrected chi connectivity index (χ4v) is 2.88. The van der Waals surface area contributed by atoms with Crippen molar-refractivity contribution in [3.05, 3.63) is 35.9 Å². The molecule has 1 aliphatic rings. The van der Waals surface area contributed by atoms with Crippen molar-refractivity contribution in [1.82, 2.24) is 10.6 Å². The number of benzene rings is 1. The van der Waals surface area contributed by atoms with E-state index in [1.54, 1.807) is 12.1 Å². The van der Waals surface area contributed by atoms with Gasteiger partial charge in [-0.05, 0) is 18.6 Å². The third kappa shape index (κ3) is 2.84. The van der Waals surface area contributed by atoms with Crippen molar-refractivity contribution >= 4 is 11.8 Å². The van der Waals surface area contributed by atoms with Gasteiger partial charge in [-0.15, -0.1) is 0 Å². The maximum Gasteiger partial charge on any atom is 0.252 e. The molecule has 0 bridgehead atoms. The molecule has 1 atom stereocenters. The van der Waals surface area contributed by atoms with Gasteiger partial charge in [0.1, 0.15) is 6.17 Å². The average Bonchev–Trinajstić information content (AvgIpc) is 2.36. The highest BCUT2D eigenvalue weighted by Gasteiger charge is 2.46. The molecule has 0 aliphatic carbocycles. The van der Waals surface area contributed by atoms with Crippen molar-refractivity contribution < 1.29 is 9.59 Å². The quantitative estimate of drug-likeness (QED) is 0.869. The Morgan fingerprint density at radius 1 is 1.20 bits per heavy atom. The summed E-state index contributed by atoms with van der Waals surface area (Å²) in [6.07, 6.45) is 0.377. The lowest BCUT2D eigenvalue weighted by atomic mass is 9.69. The van der Waals surface area contributed by atoms with Crippen molar-refractivity contribution in [2.75, 3.05) is 0 Å². The molecular formula is C16H22N2O2. The zero-order chi connectivity index (χ0) is 15.0. The van der Waals surface area contributed by atoms with Crippen LogP contribution in [0.3, 0.4) is 0 Å². The number of rotatable bonds is 2. The molecule has 4 nitrogen and oxygen atoms in total. The van der Waals surface area contributed by atoms with Gasteiger partial charge in [0.2, 0.25) is 5.91 Å². The van der Waals surface area contributed by atoms with Gasteiger partial charge in [0.25, 0.3) is 5.91 Å². The maximum atomic E-state index is 12.2. The topological polar surface area (TPSA) is 58.2 Å². The van der Waals surface area contributed by atoms with Gasteiger partial charge in [-0.1, -0.05) is 45.9 Å². The minimum Gasteiger partial charge on any atom is -0.335 e. The number of carbonyl (C=O) groups is 2. The molecule has 1 unspecified atom stereocenters. The monoisotopic (exact) mass is 274 g/mol. The zero-order valence-electron chi connectivity index (χ0n) is 12.5. The van der Waals surface area contributed by atoms with E-state index in [1.807, 2.05) is 32.0 Å². The number of hydrogen-bond acceptors (Lipinski definition) is 2. The van der Waals surface area contributed by atoms with E-state index in [9.17, 15) is 9.59 Å². The fourth-order valence-electron chi connectivity index (χ4n) is 2.88. The van der Waals surface area contributed by atoms with Crippen LogP contribution in [0.1, 0.15) is 44.5 Å². The fraction of sp³-hybridized carbons (Fsp3) is 0.500. The SMILES string of the molecule is CC1(C)CC(C)(C)C(NC(=O)c2ccccc2)NC1=O. The third-order valence-corrected chi connectivity index (χ3v) is 3.88. The first-order valence-electron chi connectivity index (χ1n) is 6.89. The van der Waals surface area contributed by atoms with Crippen molar-refractivity contribution in [3.63, 3.8) is 0 Å². The first-order chi connectivity index (χ1) is 9.22. The second-order valence-corrected chi connectivity index (χ2v) is 6.80. The van der Waals surface area contributed by atoms with Crippen LogP contribution in [0.25, 0.3) is 0 Å². The number of hydrogen-bond donors (Lipinski definition) is 2. The Bertz CT molecular complexity index is 521. The summed E-state index contributed by atoms with van der Waals surface area (Å²) < 4.78 is 0. The van der Waals surface area contributed by atoms with Crippen LogP contribution in [0, 0.1) is 10.8 Å². The molecule has 20 heavy (non-hydrogen) atoms. The van der Waals surface area contributed by atoms with Crippen molar-refractivity contribution in [2.24, 2.45) is 10.8 Å². The maximum absolute atomic E-state index is 12.2. The molecule has 0 spiro atoms. The van der Waals surface area contributed by atoms with E-state index in [-0.39, 0.29) is 23.4 Å². The zero-order valence-corrected chi connectivity index (χ0v) is 12.5. The summed E-state index contributed by atoms with van der Waals surface area (Å²) in [4.78, 5) is 24.3. The van der Waals surface area contributed by atoms with Gasteiger partial charge in [-0.2, -0.15) is 0 Å². The van der Waals surface area contributed by atoms with Crippen LogP contribution in [0.2, 0.25) is 0 Å². The number of amides is 2. The van der Waals surface area contributed by atoms with Gasteiger partial charge in [0, 0.05) is 16.4 Å². The van der Waals surface area contributed by atoms with Gasteiger partial charge >= 0.3 is 0 Å². The average molecular weight is 274 g/mol. The molecule has 2 amide bonds. The predicted octanol–water partition coefficient (Wildman–Crippen LogP) is 2.31. The van der Waals surface area contributed by atoms with E-state index in [0.29, 0.717) is 5.56 Å². The standard InChI is InChI=1S/C16H22N2O2/c1-15(2)10-16(3,4)14(20)18-13(15)17-12(19)11-8-6-5-7-9-11/h5-9,13H,10H2,1-4H3,(H,17,19)(H,18,20). The molecule has 1 aromatic rings. The molecule has 1 saturated heterocycles. The minimum atomic E-state index is -0.405. The van der Waals surface area contributed by atoms with Crippen LogP contribution in [0.15, 0.2) is 30.3 Å². The van der Waals surface area contributed by atoms with Gasteiger partial charge in [-0.25, -0.2) is 0 Å². The molecule has 108 valence electrons. The summed E-state index contributed by atoms with van der Waals surface area (Å²) in [6, 6.07) is 9.03. The van der Waals surface area contributed by atoms with Crippen molar-refractivity contribution in [1.29, 1.82) is 0 Å². The summed E-state index contributed by atoms with van der Waals surface area (Å²) >= 11 is 0. The lowest BCUT2D eigenvalue weighted by Crippen LogP contribution is -2.63. The first kappa shape index (κ1) is 14.6. The van der Waals surface area contributed by atoms with Gasteiger partial charge in [0.05, 0.1) is 0 Å². The van der Waals surface area contributed by atoms with E-state index in [2.05, 4.69) is 24.5 Å². The molecule has 2 N–H and O–H groups in total. The third-order valence-electron chi connectivity index (χ3n) is 3.88. The molecule has 1 heterocycles. The summed E-state index contributed by atoms with van der Waals surface area (Å²) in [5.74, 6) is -0.182. The normalized spacial score (nSPS) is 23.8. The Morgan fingerprint density at radius 2 is 1.80 bits per heavy atom. The van der Waals surface area contributed by atoms with Crippen LogP contribution >= 0.6 is 0 Å². The highest BCUT2D eigenvalue weighted by Crippen LogP contribution is 2.39. The number of carbonyl (C=O) groups excluding carboxylic acids is 2. The van der Waals surface area contributed by atoms with Crippen LogP contribution in [0.4, 0.5) is 0 Å².